The van der Waals surface area contributed by atoms with Crippen molar-refractivity contribution < 1.29 is 19.1 Å². The van der Waals surface area contributed by atoms with Crippen LogP contribution in [0.4, 0.5) is 0 Å². The number of imidazole rings is 1. The van der Waals surface area contributed by atoms with Gasteiger partial charge in [0.25, 0.3) is 12.9 Å². The molecule has 28 heavy (non-hydrogen) atoms. The van der Waals surface area contributed by atoms with Crippen LogP contribution in [-0.4, -0.2) is 35.7 Å². The number of hydrogen-bond acceptors (Lipinski definition) is 5. The van der Waals surface area contributed by atoms with Gasteiger partial charge in [-0.1, -0.05) is 19.9 Å². The summed E-state index contributed by atoms with van der Waals surface area (Å²) in [7, 11) is 0. The Morgan fingerprint density at radius 3 is 2.71 bits per heavy atom. The molecule has 2 saturated carbocycles. The quantitative estimate of drug-likeness (QED) is 0.671. The number of nitrogens with zero attached hydrogens (tertiary/aromatic N) is 2. The van der Waals surface area contributed by atoms with Crippen LogP contribution in [0.3, 0.4) is 0 Å². The number of fused-ring (bicyclic) bond motifs is 3. The van der Waals surface area contributed by atoms with Gasteiger partial charge in [-0.3, -0.25) is 9.59 Å². The van der Waals surface area contributed by atoms with Crippen molar-refractivity contribution in [2.75, 3.05) is 13.2 Å². The van der Waals surface area contributed by atoms with Crippen LogP contribution in [0.15, 0.2) is 24.8 Å². The summed E-state index contributed by atoms with van der Waals surface area (Å²) in [6.45, 7) is 6.53. The first-order valence-corrected chi connectivity index (χ1v) is 10.3. The molecule has 3 aliphatic rings. The Balaban J connectivity index is 1.60. The molecule has 0 unspecified atom stereocenters. The Labute approximate surface area is 166 Å². The zero-order valence-electron chi connectivity index (χ0n) is 16.8. The fraction of sp³-hybridized carbons (Fsp3) is 0.682. The van der Waals surface area contributed by atoms with Crippen LogP contribution in [0.25, 0.3) is 5.70 Å². The topological polar surface area (TPSA) is 70.4 Å². The molecule has 1 aromatic heterocycles. The molecule has 0 aliphatic heterocycles. The molecule has 6 heteroatoms. The van der Waals surface area contributed by atoms with Crippen LogP contribution in [0.2, 0.25) is 0 Å². The predicted molar refractivity (Wildman–Crippen MR) is 104 cm³/mol. The molecule has 2 fully saturated rings. The fourth-order valence-electron chi connectivity index (χ4n) is 6.75. The second kappa shape index (κ2) is 7.37. The lowest BCUT2D eigenvalue weighted by Gasteiger charge is -2.58. The van der Waals surface area contributed by atoms with Crippen molar-refractivity contribution in [2.45, 2.75) is 46.0 Å². The third kappa shape index (κ3) is 2.88. The molecule has 0 saturated heterocycles. The van der Waals surface area contributed by atoms with Gasteiger partial charge in [-0.05, 0) is 49.9 Å². The molecule has 0 N–H and O–H groups in total. The molecule has 1 heterocycles. The van der Waals surface area contributed by atoms with E-state index in [2.05, 4.69) is 29.5 Å². The van der Waals surface area contributed by atoms with Crippen LogP contribution in [0.5, 0.6) is 0 Å². The Kier molecular flexibility index (Phi) is 5.06. The second-order valence-corrected chi connectivity index (χ2v) is 9.24. The summed E-state index contributed by atoms with van der Waals surface area (Å²) >= 11 is 0. The molecule has 1 aromatic rings. The van der Waals surface area contributed by atoms with E-state index in [9.17, 15) is 9.59 Å². The van der Waals surface area contributed by atoms with Gasteiger partial charge in [-0.2, -0.15) is 0 Å². The van der Waals surface area contributed by atoms with Gasteiger partial charge in [0, 0.05) is 34.8 Å². The largest absolute Gasteiger partial charge is 0.468 e. The van der Waals surface area contributed by atoms with Gasteiger partial charge in [0.15, 0.2) is 0 Å². The number of carbonyl (C=O) groups excluding carboxylic acids is 2. The number of ether oxygens (including phenoxy) is 2. The highest BCUT2D eigenvalue weighted by Crippen LogP contribution is 2.64. The zero-order valence-corrected chi connectivity index (χ0v) is 16.8. The number of hydrogen-bond donors (Lipinski definition) is 0. The molecule has 3 aliphatic carbocycles. The summed E-state index contributed by atoms with van der Waals surface area (Å²) in [6.07, 6.45) is 13.6. The number of aromatic nitrogens is 2. The third-order valence-electron chi connectivity index (χ3n) is 8.22. The standard InChI is InChI=1S/C22H30N2O4/c1-21-8-7-19-17(18(21)5-6-20(21)24-10-9-23-13-24)4-3-16(11-27-14-25)22(19,2)12-28-15-26/h6,9-10,13-19H,3-5,7-8,11-12H2,1-2H3/t16-,17-,18-,19-,21-,22-/m0/s1. The van der Waals surface area contributed by atoms with Crippen molar-refractivity contribution in [3.8, 4) is 0 Å². The third-order valence-corrected chi connectivity index (χ3v) is 8.22. The first-order valence-electron chi connectivity index (χ1n) is 10.3. The number of rotatable bonds is 7. The molecule has 0 bridgehead atoms. The first-order chi connectivity index (χ1) is 13.5. The summed E-state index contributed by atoms with van der Waals surface area (Å²) in [4.78, 5) is 26.0. The van der Waals surface area contributed by atoms with E-state index in [0.29, 0.717) is 43.9 Å². The summed E-state index contributed by atoms with van der Waals surface area (Å²) in [6, 6.07) is 0. The van der Waals surface area contributed by atoms with Gasteiger partial charge in [0.2, 0.25) is 0 Å². The van der Waals surface area contributed by atoms with Gasteiger partial charge in [-0.15, -0.1) is 0 Å². The molecule has 0 aromatic carbocycles. The normalized spacial score (nSPS) is 39.4. The summed E-state index contributed by atoms with van der Waals surface area (Å²) in [5.74, 6) is 1.87. The molecule has 152 valence electrons. The highest BCUT2D eigenvalue weighted by atomic mass is 16.5. The molecule has 6 nitrogen and oxygen atoms in total. The molecule has 6 atom stereocenters. The average Bonchev–Trinajstić information content (AvgIpc) is 3.33. The maximum atomic E-state index is 11.0. The van der Waals surface area contributed by atoms with E-state index in [0.717, 1.165) is 32.1 Å². The highest BCUT2D eigenvalue weighted by molar-refractivity contribution is 5.56. The smallest absolute Gasteiger partial charge is 0.293 e. The molecular formula is C22H30N2O4. The van der Waals surface area contributed by atoms with Crippen LogP contribution >= 0.6 is 0 Å². The van der Waals surface area contributed by atoms with Crippen LogP contribution in [0.1, 0.15) is 46.0 Å². The Morgan fingerprint density at radius 2 is 2.00 bits per heavy atom. The van der Waals surface area contributed by atoms with Crippen LogP contribution < -0.4 is 0 Å². The number of carbonyl (C=O) groups is 2. The minimum atomic E-state index is -0.161. The van der Waals surface area contributed by atoms with Gasteiger partial charge in [0.1, 0.15) is 0 Å². The monoisotopic (exact) mass is 386 g/mol. The Morgan fingerprint density at radius 1 is 1.18 bits per heavy atom. The minimum Gasteiger partial charge on any atom is -0.468 e. The lowest BCUT2D eigenvalue weighted by molar-refractivity contribution is -0.154. The van der Waals surface area contributed by atoms with E-state index < -0.39 is 0 Å². The van der Waals surface area contributed by atoms with E-state index in [-0.39, 0.29) is 16.7 Å². The Bertz CT molecular complexity index is 746. The zero-order chi connectivity index (χ0) is 19.8. The first kappa shape index (κ1) is 19.2. The molecule has 0 radical (unpaired) electrons. The molecule has 0 amide bonds. The minimum absolute atomic E-state index is 0.153. The lowest BCUT2D eigenvalue weighted by Crippen LogP contribution is -2.54. The molecule has 4 rings (SSSR count). The lowest BCUT2D eigenvalue weighted by atomic mass is 9.47. The van der Waals surface area contributed by atoms with Crippen LogP contribution in [0, 0.1) is 34.5 Å². The van der Waals surface area contributed by atoms with Crippen molar-refractivity contribution in [1.29, 1.82) is 0 Å². The van der Waals surface area contributed by atoms with E-state index in [1.807, 2.05) is 18.7 Å². The van der Waals surface area contributed by atoms with Crippen molar-refractivity contribution in [3.05, 3.63) is 24.8 Å². The van der Waals surface area contributed by atoms with E-state index in [4.69, 9.17) is 9.47 Å². The second-order valence-electron chi connectivity index (χ2n) is 9.24. The van der Waals surface area contributed by atoms with Crippen molar-refractivity contribution in [2.24, 2.45) is 34.5 Å². The van der Waals surface area contributed by atoms with Crippen molar-refractivity contribution >= 4 is 18.6 Å². The van der Waals surface area contributed by atoms with E-state index in [1.165, 1.54) is 5.70 Å². The predicted octanol–water partition coefficient (Wildman–Crippen LogP) is 3.54. The van der Waals surface area contributed by atoms with Crippen molar-refractivity contribution in [3.63, 3.8) is 0 Å². The van der Waals surface area contributed by atoms with Gasteiger partial charge in [0.05, 0.1) is 19.5 Å². The van der Waals surface area contributed by atoms with Gasteiger partial charge in [-0.25, -0.2) is 4.98 Å². The van der Waals surface area contributed by atoms with Crippen LogP contribution in [-0.2, 0) is 19.1 Å². The van der Waals surface area contributed by atoms with E-state index in [1.54, 1.807) is 0 Å². The summed E-state index contributed by atoms with van der Waals surface area (Å²) < 4.78 is 12.6. The van der Waals surface area contributed by atoms with Crippen molar-refractivity contribution in [1.82, 2.24) is 9.55 Å². The van der Waals surface area contributed by atoms with Gasteiger partial charge < -0.3 is 14.0 Å². The summed E-state index contributed by atoms with van der Waals surface area (Å²) in [5, 5.41) is 0. The Hall–Kier alpha value is -2.11. The maximum Gasteiger partial charge on any atom is 0.293 e. The SMILES string of the molecule is C[C@]1(COC=O)[C@H](COC=O)CC[C@@H]2[C@@H]1CC[C@]1(C)C(n3ccnc3)=CC[C@@H]21. The fourth-order valence-corrected chi connectivity index (χ4v) is 6.75. The average molecular weight is 386 g/mol. The summed E-state index contributed by atoms with van der Waals surface area (Å²) in [5.41, 5.74) is 1.37. The highest BCUT2D eigenvalue weighted by Gasteiger charge is 2.58. The number of allylic oxidation sites excluding steroid dienone is 2. The molecular weight excluding hydrogens is 356 g/mol. The maximum absolute atomic E-state index is 11.0. The molecule has 0 spiro atoms. The van der Waals surface area contributed by atoms with E-state index >= 15 is 0 Å². The van der Waals surface area contributed by atoms with Gasteiger partial charge >= 0.3 is 0 Å².